The predicted octanol–water partition coefficient (Wildman–Crippen LogP) is 5.01. The van der Waals surface area contributed by atoms with Crippen LogP contribution in [0.3, 0.4) is 0 Å². The van der Waals surface area contributed by atoms with Gasteiger partial charge in [0.2, 0.25) is 0 Å². The summed E-state index contributed by atoms with van der Waals surface area (Å²) in [7, 11) is 0. The van der Waals surface area contributed by atoms with Crippen molar-refractivity contribution < 1.29 is 9.53 Å². The summed E-state index contributed by atoms with van der Waals surface area (Å²) in [5, 5.41) is 6.54. The zero-order chi connectivity index (χ0) is 16.9. The Labute approximate surface area is 150 Å². The number of carbonyl (C=O) groups is 1. The summed E-state index contributed by atoms with van der Waals surface area (Å²) < 4.78 is 6.37. The minimum Gasteiger partial charge on any atom is -0.445 e. The van der Waals surface area contributed by atoms with Gasteiger partial charge in [0.25, 0.3) is 0 Å². The fraction of sp³-hybridized carbons (Fsp3) is 0.316. The Hall–Kier alpha value is -2.01. The van der Waals surface area contributed by atoms with Crippen molar-refractivity contribution in [2.45, 2.75) is 38.5 Å². The smallest absolute Gasteiger partial charge is 0.407 e. The molecule has 1 aliphatic heterocycles. The Morgan fingerprint density at radius 2 is 2.08 bits per heavy atom. The van der Waals surface area contributed by atoms with Crippen LogP contribution in [0.15, 0.2) is 53.0 Å². The van der Waals surface area contributed by atoms with Crippen molar-refractivity contribution in [1.29, 1.82) is 0 Å². The SMILES string of the molecule is CC[C@@H]1C[C@H](NC(=O)OCc2ccccc2)c2cc(Br)ccc2N1. The van der Waals surface area contributed by atoms with E-state index in [1.807, 2.05) is 42.5 Å². The maximum absolute atomic E-state index is 12.2. The Balaban J connectivity index is 1.67. The van der Waals surface area contributed by atoms with Crippen LogP contribution in [0.5, 0.6) is 0 Å². The van der Waals surface area contributed by atoms with Crippen molar-refractivity contribution in [3.63, 3.8) is 0 Å². The summed E-state index contributed by atoms with van der Waals surface area (Å²) in [6.07, 6.45) is 1.47. The Morgan fingerprint density at radius 3 is 2.83 bits per heavy atom. The number of hydrogen-bond donors (Lipinski definition) is 2. The van der Waals surface area contributed by atoms with E-state index in [-0.39, 0.29) is 18.7 Å². The second-order valence-electron chi connectivity index (χ2n) is 5.98. The molecule has 1 heterocycles. The summed E-state index contributed by atoms with van der Waals surface area (Å²) in [5.41, 5.74) is 3.14. The van der Waals surface area contributed by atoms with Gasteiger partial charge in [0.05, 0.1) is 6.04 Å². The summed E-state index contributed by atoms with van der Waals surface area (Å²) in [4.78, 5) is 12.2. The van der Waals surface area contributed by atoms with E-state index in [0.717, 1.165) is 34.1 Å². The van der Waals surface area contributed by atoms with Crippen LogP contribution < -0.4 is 10.6 Å². The normalized spacial score (nSPS) is 19.1. The van der Waals surface area contributed by atoms with Gasteiger partial charge in [-0.25, -0.2) is 4.79 Å². The fourth-order valence-electron chi connectivity index (χ4n) is 2.96. The highest BCUT2D eigenvalue weighted by molar-refractivity contribution is 9.10. The molecule has 4 nitrogen and oxygen atoms in total. The number of rotatable bonds is 4. The molecular formula is C19H21BrN2O2. The monoisotopic (exact) mass is 388 g/mol. The number of anilines is 1. The Bertz CT molecular complexity index is 706. The second-order valence-corrected chi connectivity index (χ2v) is 6.89. The molecule has 3 rings (SSSR count). The number of carbonyl (C=O) groups excluding carboxylic acids is 1. The van der Waals surface area contributed by atoms with Gasteiger partial charge in [0, 0.05) is 16.2 Å². The van der Waals surface area contributed by atoms with Crippen molar-refractivity contribution in [3.8, 4) is 0 Å². The number of amides is 1. The van der Waals surface area contributed by atoms with Crippen molar-refractivity contribution in [3.05, 3.63) is 64.1 Å². The lowest BCUT2D eigenvalue weighted by molar-refractivity contribution is 0.134. The van der Waals surface area contributed by atoms with Crippen molar-refractivity contribution in [2.75, 3.05) is 5.32 Å². The van der Waals surface area contributed by atoms with E-state index >= 15 is 0 Å². The van der Waals surface area contributed by atoms with Gasteiger partial charge in [-0.1, -0.05) is 53.2 Å². The lowest BCUT2D eigenvalue weighted by Crippen LogP contribution is -2.37. The molecule has 1 amide bonds. The van der Waals surface area contributed by atoms with E-state index in [9.17, 15) is 4.79 Å². The molecule has 2 atom stereocenters. The maximum atomic E-state index is 12.2. The quantitative estimate of drug-likeness (QED) is 0.773. The van der Waals surface area contributed by atoms with E-state index in [1.54, 1.807) is 0 Å². The van der Waals surface area contributed by atoms with Crippen molar-refractivity contribution in [2.24, 2.45) is 0 Å². The molecule has 0 spiro atoms. The molecule has 0 bridgehead atoms. The fourth-order valence-corrected chi connectivity index (χ4v) is 3.33. The predicted molar refractivity (Wildman–Crippen MR) is 99.0 cm³/mol. The zero-order valence-corrected chi connectivity index (χ0v) is 15.2. The first-order chi connectivity index (χ1) is 11.7. The average Bonchev–Trinajstić information content (AvgIpc) is 2.61. The van der Waals surface area contributed by atoms with Gasteiger partial charge in [-0.3, -0.25) is 0 Å². The molecule has 0 aliphatic carbocycles. The van der Waals surface area contributed by atoms with Crippen molar-refractivity contribution >= 4 is 27.7 Å². The van der Waals surface area contributed by atoms with Gasteiger partial charge in [-0.05, 0) is 42.2 Å². The first-order valence-electron chi connectivity index (χ1n) is 8.19. The van der Waals surface area contributed by atoms with E-state index in [4.69, 9.17) is 4.74 Å². The highest BCUT2D eigenvalue weighted by Gasteiger charge is 2.27. The molecule has 5 heteroatoms. The lowest BCUT2D eigenvalue weighted by atomic mass is 9.92. The molecule has 0 aromatic heterocycles. The van der Waals surface area contributed by atoms with E-state index in [2.05, 4.69) is 39.6 Å². The summed E-state index contributed by atoms with van der Waals surface area (Å²) in [6.45, 7) is 2.42. The Kier molecular flexibility index (Phi) is 5.41. The number of hydrogen-bond acceptors (Lipinski definition) is 3. The molecule has 2 aromatic rings. The molecule has 2 aromatic carbocycles. The maximum Gasteiger partial charge on any atom is 0.407 e. The number of benzene rings is 2. The van der Waals surface area contributed by atoms with Crippen molar-refractivity contribution in [1.82, 2.24) is 5.32 Å². The van der Waals surface area contributed by atoms with Gasteiger partial charge in [-0.15, -0.1) is 0 Å². The summed E-state index contributed by atoms with van der Waals surface area (Å²) in [6, 6.07) is 16.1. The molecule has 0 radical (unpaired) electrons. The minimum atomic E-state index is -0.383. The van der Waals surface area contributed by atoms with E-state index < -0.39 is 0 Å². The van der Waals surface area contributed by atoms with E-state index in [1.165, 1.54) is 0 Å². The molecule has 126 valence electrons. The average molecular weight is 389 g/mol. The molecule has 0 unspecified atom stereocenters. The third-order valence-electron chi connectivity index (χ3n) is 4.27. The summed E-state index contributed by atoms with van der Waals surface area (Å²) in [5.74, 6) is 0. The molecular weight excluding hydrogens is 368 g/mol. The third kappa shape index (κ3) is 4.09. The minimum absolute atomic E-state index is 0.0491. The van der Waals surface area contributed by atoms with Crippen LogP contribution in [0.1, 0.15) is 36.9 Å². The number of halogens is 1. The molecule has 0 saturated carbocycles. The van der Waals surface area contributed by atoms with Crippen LogP contribution in [-0.2, 0) is 11.3 Å². The standard InChI is InChI=1S/C19H21BrN2O2/c1-2-15-11-18(16-10-14(20)8-9-17(16)21-15)22-19(23)24-12-13-6-4-3-5-7-13/h3-10,15,18,21H,2,11-12H2,1H3,(H,22,23)/t15-,18+/m1/s1. The van der Waals surface area contributed by atoms with Crippen LogP contribution in [0, 0.1) is 0 Å². The van der Waals surface area contributed by atoms with E-state index in [0.29, 0.717) is 6.04 Å². The van der Waals surface area contributed by atoms with Gasteiger partial charge in [0.15, 0.2) is 0 Å². The molecule has 2 N–H and O–H groups in total. The number of alkyl carbamates (subject to hydrolysis) is 1. The highest BCUT2D eigenvalue weighted by atomic mass is 79.9. The van der Waals surface area contributed by atoms with Crippen LogP contribution >= 0.6 is 15.9 Å². The topological polar surface area (TPSA) is 50.4 Å². The molecule has 1 aliphatic rings. The lowest BCUT2D eigenvalue weighted by Gasteiger charge is -2.33. The highest BCUT2D eigenvalue weighted by Crippen LogP contribution is 2.35. The Morgan fingerprint density at radius 1 is 1.29 bits per heavy atom. The number of nitrogens with one attached hydrogen (secondary N) is 2. The second kappa shape index (κ2) is 7.71. The number of ether oxygens (including phenoxy) is 1. The van der Waals surface area contributed by atoms with Gasteiger partial charge in [0.1, 0.15) is 6.61 Å². The molecule has 0 saturated heterocycles. The molecule has 24 heavy (non-hydrogen) atoms. The number of fused-ring (bicyclic) bond motifs is 1. The zero-order valence-electron chi connectivity index (χ0n) is 13.6. The van der Waals surface area contributed by atoms with Crippen LogP contribution in [-0.4, -0.2) is 12.1 Å². The summed E-state index contributed by atoms with van der Waals surface area (Å²) >= 11 is 3.51. The third-order valence-corrected chi connectivity index (χ3v) is 4.76. The van der Waals surface area contributed by atoms with Crippen LogP contribution in [0.25, 0.3) is 0 Å². The van der Waals surface area contributed by atoms with Gasteiger partial charge in [-0.2, -0.15) is 0 Å². The van der Waals surface area contributed by atoms with Gasteiger partial charge < -0.3 is 15.4 Å². The van der Waals surface area contributed by atoms with Crippen LogP contribution in [0.2, 0.25) is 0 Å². The largest absolute Gasteiger partial charge is 0.445 e. The molecule has 0 fully saturated rings. The first-order valence-corrected chi connectivity index (χ1v) is 8.98. The first kappa shape index (κ1) is 16.8. The van der Waals surface area contributed by atoms with Gasteiger partial charge >= 0.3 is 6.09 Å². The van der Waals surface area contributed by atoms with Crippen LogP contribution in [0.4, 0.5) is 10.5 Å².